The van der Waals surface area contributed by atoms with Crippen LogP contribution in [-0.2, 0) is 0 Å². The third-order valence-corrected chi connectivity index (χ3v) is 1.97. The highest BCUT2D eigenvalue weighted by Gasteiger charge is 2.12. The van der Waals surface area contributed by atoms with Crippen LogP contribution in [0.1, 0.15) is 13.8 Å². The average molecular weight is 199 g/mol. The highest BCUT2D eigenvalue weighted by atomic mass is 19.1. The maximum atomic E-state index is 12.7. The fourth-order valence-corrected chi connectivity index (χ4v) is 1.03. The summed E-state index contributed by atoms with van der Waals surface area (Å²) in [5.41, 5.74) is 0. The first-order valence-corrected chi connectivity index (χ1v) is 4.48. The zero-order chi connectivity index (χ0) is 10.6. The Balaban J connectivity index is 2.67. The lowest BCUT2D eigenvalue weighted by Crippen LogP contribution is -2.29. The van der Waals surface area contributed by atoms with Crippen LogP contribution in [0.4, 0.5) is 10.2 Å². The molecule has 78 valence electrons. The van der Waals surface area contributed by atoms with Crippen molar-refractivity contribution in [1.29, 1.82) is 0 Å². The summed E-state index contributed by atoms with van der Waals surface area (Å²) >= 11 is 0. The van der Waals surface area contributed by atoms with Crippen LogP contribution in [0.5, 0.6) is 0 Å². The number of hydrogen-bond donors (Lipinski definition) is 2. The van der Waals surface area contributed by atoms with Crippen molar-refractivity contribution < 1.29 is 9.50 Å². The minimum Gasteiger partial charge on any atom is -0.394 e. The smallest absolute Gasteiger partial charge is 0.217 e. The first-order chi connectivity index (χ1) is 6.63. The van der Waals surface area contributed by atoms with Crippen LogP contribution in [0.2, 0.25) is 0 Å². The average Bonchev–Trinajstić information content (AvgIpc) is 2.14. The number of aromatic nitrogens is 2. The molecular weight excluding hydrogens is 185 g/mol. The van der Waals surface area contributed by atoms with Crippen molar-refractivity contribution >= 4 is 5.82 Å². The molecule has 0 aliphatic heterocycles. The first-order valence-electron chi connectivity index (χ1n) is 4.48. The van der Waals surface area contributed by atoms with Gasteiger partial charge in [0.15, 0.2) is 0 Å². The molecule has 0 bridgehead atoms. The Morgan fingerprint density at radius 3 is 2.71 bits per heavy atom. The van der Waals surface area contributed by atoms with Crippen molar-refractivity contribution in [2.45, 2.75) is 19.9 Å². The monoisotopic (exact) mass is 199 g/mol. The minimum absolute atomic E-state index is 0.0106. The topological polar surface area (TPSA) is 58.0 Å². The standard InChI is InChI=1S/C9H14FN3O/c1-6(2)7(4-14)13-9-3-8(10)11-5-12-9/h3,5-7,14H,4H2,1-2H3,(H,11,12,13). The van der Waals surface area contributed by atoms with Crippen LogP contribution >= 0.6 is 0 Å². The molecular formula is C9H14FN3O. The molecule has 1 atom stereocenters. The Morgan fingerprint density at radius 1 is 1.50 bits per heavy atom. The molecule has 1 rings (SSSR count). The largest absolute Gasteiger partial charge is 0.394 e. The molecule has 14 heavy (non-hydrogen) atoms. The lowest BCUT2D eigenvalue weighted by molar-refractivity contribution is 0.249. The van der Waals surface area contributed by atoms with E-state index in [1.807, 2.05) is 13.8 Å². The van der Waals surface area contributed by atoms with Gasteiger partial charge in [0.2, 0.25) is 5.95 Å². The molecule has 0 amide bonds. The number of aliphatic hydroxyl groups is 1. The molecule has 0 saturated carbocycles. The van der Waals surface area contributed by atoms with Crippen LogP contribution in [0.25, 0.3) is 0 Å². The molecule has 0 fully saturated rings. The van der Waals surface area contributed by atoms with Crippen LogP contribution in [0.3, 0.4) is 0 Å². The van der Waals surface area contributed by atoms with Gasteiger partial charge in [-0.05, 0) is 5.92 Å². The molecule has 4 nitrogen and oxygen atoms in total. The normalized spacial score (nSPS) is 12.9. The van der Waals surface area contributed by atoms with Crippen LogP contribution < -0.4 is 5.32 Å². The number of hydrogen-bond acceptors (Lipinski definition) is 4. The maximum absolute atomic E-state index is 12.7. The minimum atomic E-state index is -0.581. The number of halogens is 1. The summed E-state index contributed by atoms with van der Waals surface area (Å²) < 4.78 is 12.7. The lowest BCUT2D eigenvalue weighted by atomic mass is 10.1. The fourth-order valence-electron chi connectivity index (χ4n) is 1.03. The predicted molar refractivity (Wildman–Crippen MR) is 51.3 cm³/mol. The molecule has 0 saturated heterocycles. The second-order valence-electron chi connectivity index (χ2n) is 3.40. The molecule has 0 aliphatic rings. The van der Waals surface area contributed by atoms with Crippen LogP contribution in [0, 0.1) is 11.9 Å². The van der Waals surface area contributed by atoms with Gasteiger partial charge in [0.1, 0.15) is 12.1 Å². The van der Waals surface area contributed by atoms with Crippen molar-refractivity contribution in [2.24, 2.45) is 5.92 Å². The highest BCUT2D eigenvalue weighted by Crippen LogP contribution is 2.09. The summed E-state index contributed by atoms with van der Waals surface area (Å²) in [6, 6.07) is 1.08. The van der Waals surface area contributed by atoms with E-state index in [2.05, 4.69) is 15.3 Å². The van der Waals surface area contributed by atoms with Crippen LogP contribution in [0.15, 0.2) is 12.4 Å². The van der Waals surface area contributed by atoms with Gasteiger partial charge in [-0.2, -0.15) is 4.39 Å². The Bertz CT molecular complexity index is 293. The maximum Gasteiger partial charge on any atom is 0.217 e. The molecule has 0 radical (unpaired) electrons. The molecule has 1 heterocycles. The molecule has 2 N–H and O–H groups in total. The summed E-state index contributed by atoms with van der Waals surface area (Å²) in [5.74, 6) is 0.0613. The fraction of sp³-hybridized carbons (Fsp3) is 0.556. The van der Waals surface area contributed by atoms with Gasteiger partial charge < -0.3 is 10.4 Å². The summed E-state index contributed by atoms with van der Waals surface area (Å²) in [5, 5.41) is 12.0. The Hall–Kier alpha value is -1.23. The van der Waals surface area contributed by atoms with Crippen molar-refractivity contribution in [1.82, 2.24) is 9.97 Å². The quantitative estimate of drug-likeness (QED) is 0.711. The Labute approximate surface area is 82.2 Å². The molecule has 1 aromatic rings. The number of anilines is 1. The third kappa shape index (κ3) is 2.92. The molecule has 1 unspecified atom stereocenters. The van der Waals surface area contributed by atoms with Crippen LogP contribution in [-0.4, -0.2) is 27.7 Å². The summed E-state index contributed by atoms with van der Waals surface area (Å²) in [6.07, 6.45) is 1.15. The van der Waals surface area contributed by atoms with Crippen molar-refractivity contribution in [2.75, 3.05) is 11.9 Å². The highest BCUT2D eigenvalue weighted by molar-refractivity contribution is 5.33. The molecule has 0 aliphatic carbocycles. The van der Waals surface area contributed by atoms with Crippen molar-refractivity contribution in [3.05, 3.63) is 18.3 Å². The third-order valence-electron chi connectivity index (χ3n) is 1.97. The zero-order valence-corrected chi connectivity index (χ0v) is 8.24. The van der Waals surface area contributed by atoms with E-state index < -0.39 is 5.95 Å². The van der Waals surface area contributed by atoms with E-state index >= 15 is 0 Å². The van der Waals surface area contributed by atoms with Gasteiger partial charge >= 0.3 is 0 Å². The molecule has 0 spiro atoms. The van der Waals surface area contributed by atoms with Gasteiger partial charge in [0.05, 0.1) is 12.6 Å². The van der Waals surface area contributed by atoms with Gasteiger partial charge in [0, 0.05) is 6.07 Å². The summed E-state index contributed by atoms with van der Waals surface area (Å²) in [6.45, 7) is 3.92. The van der Waals surface area contributed by atoms with E-state index in [4.69, 9.17) is 5.11 Å². The lowest BCUT2D eigenvalue weighted by Gasteiger charge is -2.20. The van der Waals surface area contributed by atoms with Crippen molar-refractivity contribution in [3.63, 3.8) is 0 Å². The Kier molecular flexibility index (Phi) is 3.76. The number of nitrogens with one attached hydrogen (secondary N) is 1. The van der Waals surface area contributed by atoms with Crippen molar-refractivity contribution in [3.8, 4) is 0 Å². The molecule has 1 aromatic heterocycles. The number of rotatable bonds is 4. The van der Waals surface area contributed by atoms with E-state index in [0.717, 1.165) is 6.33 Å². The number of nitrogens with zero attached hydrogens (tertiary/aromatic N) is 2. The summed E-state index contributed by atoms with van der Waals surface area (Å²) in [7, 11) is 0. The van der Waals surface area contributed by atoms with E-state index in [1.54, 1.807) is 0 Å². The molecule has 0 aromatic carbocycles. The van der Waals surface area contributed by atoms with Gasteiger partial charge in [-0.1, -0.05) is 13.8 Å². The predicted octanol–water partition coefficient (Wildman–Crippen LogP) is 1.04. The number of aliphatic hydroxyl groups excluding tert-OH is 1. The summed E-state index contributed by atoms with van der Waals surface area (Å²) in [4.78, 5) is 7.17. The first kappa shape index (κ1) is 10.8. The Morgan fingerprint density at radius 2 is 2.21 bits per heavy atom. The van der Waals surface area contributed by atoms with E-state index in [0.29, 0.717) is 5.82 Å². The second-order valence-corrected chi connectivity index (χ2v) is 3.40. The zero-order valence-electron chi connectivity index (χ0n) is 8.24. The van der Waals surface area contributed by atoms with E-state index in [9.17, 15) is 4.39 Å². The second kappa shape index (κ2) is 4.85. The van der Waals surface area contributed by atoms with E-state index in [1.165, 1.54) is 6.07 Å². The SMILES string of the molecule is CC(C)C(CO)Nc1cc(F)ncn1. The van der Waals surface area contributed by atoms with Gasteiger partial charge in [-0.15, -0.1) is 0 Å². The van der Waals surface area contributed by atoms with E-state index in [-0.39, 0.29) is 18.6 Å². The molecule has 5 heteroatoms. The van der Waals surface area contributed by atoms with Gasteiger partial charge in [-0.3, -0.25) is 0 Å². The van der Waals surface area contributed by atoms with Gasteiger partial charge in [0.25, 0.3) is 0 Å². The van der Waals surface area contributed by atoms with Gasteiger partial charge in [-0.25, -0.2) is 9.97 Å².